The van der Waals surface area contributed by atoms with Gasteiger partial charge in [0.2, 0.25) is 5.91 Å². The Kier molecular flexibility index (Phi) is 4.97. The standard InChI is InChI=1S/C17H21N7O2S/c1-11(7-24-10-18-9-19-24)17(25)23-5-3-4-13(8-23)15-16(27-22-20-15)14-6-12(2)21-26-14/h6,9-11,13H,3-5,7-8H2,1-2H3/t11-,13-/m0/s1. The van der Waals surface area contributed by atoms with Gasteiger partial charge in [0.05, 0.1) is 23.9 Å². The molecule has 2 atom stereocenters. The summed E-state index contributed by atoms with van der Waals surface area (Å²) in [6, 6.07) is 1.89. The van der Waals surface area contributed by atoms with Crippen LogP contribution in [0.25, 0.3) is 10.6 Å². The van der Waals surface area contributed by atoms with Crippen molar-refractivity contribution in [3.63, 3.8) is 0 Å². The zero-order valence-corrected chi connectivity index (χ0v) is 16.1. The lowest BCUT2D eigenvalue weighted by atomic mass is 9.93. The SMILES string of the molecule is Cc1cc(-c2snnc2[C@H]2CCCN(C(=O)[C@@H](C)Cn3cncn3)C2)on1. The maximum absolute atomic E-state index is 12.9. The number of hydrogen-bond donors (Lipinski definition) is 0. The van der Waals surface area contributed by atoms with Crippen LogP contribution in [0, 0.1) is 12.8 Å². The van der Waals surface area contributed by atoms with Crippen LogP contribution in [0.5, 0.6) is 0 Å². The number of likely N-dealkylation sites (tertiary alicyclic amines) is 1. The smallest absolute Gasteiger partial charge is 0.227 e. The molecule has 0 spiro atoms. The average Bonchev–Trinajstić information content (AvgIpc) is 3.42. The summed E-state index contributed by atoms with van der Waals surface area (Å²) in [6.45, 7) is 5.76. The molecule has 3 aromatic rings. The molecule has 0 saturated carbocycles. The van der Waals surface area contributed by atoms with Crippen LogP contribution in [-0.2, 0) is 11.3 Å². The molecule has 0 unspecified atom stereocenters. The van der Waals surface area contributed by atoms with Gasteiger partial charge in [-0.2, -0.15) is 5.10 Å². The molecular formula is C17H21N7O2S. The van der Waals surface area contributed by atoms with Gasteiger partial charge in [-0.3, -0.25) is 9.48 Å². The Bertz CT molecular complexity index is 904. The van der Waals surface area contributed by atoms with Crippen LogP contribution < -0.4 is 0 Å². The Morgan fingerprint density at radius 2 is 2.37 bits per heavy atom. The Balaban J connectivity index is 1.47. The molecule has 4 rings (SSSR count). The van der Waals surface area contributed by atoms with Gasteiger partial charge in [-0.1, -0.05) is 16.6 Å². The maximum atomic E-state index is 12.9. The molecule has 9 nitrogen and oxygen atoms in total. The van der Waals surface area contributed by atoms with Crippen molar-refractivity contribution >= 4 is 17.4 Å². The lowest BCUT2D eigenvalue weighted by molar-refractivity contribution is -0.136. The van der Waals surface area contributed by atoms with E-state index in [1.165, 1.54) is 17.9 Å². The topological polar surface area (TPSA) is 103 Å². The molecule has 27 heavy (non-hydrogen) atoms. The fourth-order valence-corrected chi connectivity index (χ4v) is 4.20. The summed E-state index contributed by atoms with van der Waals surface area (Å²) in [5, 5.41) is 12.4. The van der Waals surface area contributed by atoms with Crippen LogP contribution in [0.2, 0.25) is 0 Å². The summed E-state index contributed by atoms with van der Waals surface area (Å²) < 4.78 is 11.2. The summed E-state index contributed by atoms with van der Waals surface area (Å²) >= 11 is 1.31. The predicted octanol–water partition coefficient (Wildman–Crippen LogP) is 2.14. The lowest BCUT2D eigenvalue weighted by Gasteiger charge is -2.33. The number of rotatable bonds is 5. The van der Waals surface area contributed by atoms with E-state index in [1.54, 1.807) is 11.0 Å². The Hall–Kier alpha value is -2.62. The van der Waals surface area contributed by atoms with Gasteiger partial charge in [-0.05, 0) is 31.3 Å². The molecule has 4 heterocycles. The fourth-order valence-electron chi connectivity index (χ4n) is 3.50. The van der Waals surface area contributed by atoms with Crippen molar-refractivity contribution in [2.75, 3.05) is 13.1 Å². The second kappa shape index (κ2) is 7.55. The van der Waals surface area contributed by atoms with E-state index in [-0.39, 0.29) is 17.7 Å². The van der Waals surface area contributed by atoms with Crippen LogP contribution in [-0.4, -0.2) is 53.4 Å². The quantitative estimate of drug-likeness (QED) is 0.661. The number of piperidine rings is 1. The third kappa shape index (κ3) is 3.75. The van der Waals surface area contributed by atoms with E-state index >= 15 is 0 Å². The first-order chi connectivity index (χ1) is 13.1. The molecule has 10 heteroatoms. The minimum Gasteiger partial charge on any atom is -0.355 e. The number of aryl methyl sites for hydroxylation is 1. The minimum absolute atomic E-state index is 0.135. The number of hydrogen-bond acceptors (Lipinski definition) is 8. The van der Waals surface area contributed by atoms with Crippen LogP contribution in [0.3, 0.4) is 0 Å². The molecule has 3 aromatic heterocycles. The van der Waals surface area contributed by atoms with Gasteiger partial charge in [0.25, 0.3) is 0 Å². The van der Waals surface area contributed by atoms with Gasteiger partial charge in [0.15, 0.2) is 5.76 Å². The number of carbonyl (C=O) groups excluding carboxylic acids is 1. The molecule has 1 amide bonds. The molecule has 0 aliphatic carbocycles. The van der Waals surface area contributed by atoms with Crippen molar-refractivity contribution in [2.45, 2.75) is 39.2 Å². The minimum atomic E-state index is -0.157. The zero-order chi connectivity index (χ0) is 18.8. The molecule has 1 aliphatic rings. The normalized spacial score (nSPS) is 18.6. The van der Waals surface area contributed by atoms with Crippen LogP contribution in [0.1, 0.15) is 37.1 Å². The average molecular weight is 387 g/mol. The molecule has 0 aromatic carbocycles. The van der Waals surface area contributed by atoms with Crippen molar-refractivity contribution in [1.29, 1.82) is 0 Å². The first kappa shape index (κ1) is 17.8. The highest BCUT2D eigenvalue weighted by molar-refractivity contribution is 7.09. The van der Waals surface area contributed by atoms with E-state index in [2.05, 4.69) is 24.8 Å². The predicted molar refractivity (Wildman–Crippen MR) is 97.9 cm³/mol. The first-order valence-corrected chi connectivity index (χ1v) is 9.76. The van der Waals surface area contributed by atoms with E-state index < -0.39 is 0 Å². The van der Waals surface area contributed by atoms with E-state index in [0.29, 0.717) is 18.8 Å². The molecule has 1 aliphatic heterocycles. The van der Waals surface area contributed by atoms with Crippen molar-refractivity contribution in [3.05, 3.63) is 30.1 Å². The third-order valence-electron chi connectivity index (χ3n) is 4.83. The molecule has 1 saturated heterocycles. The Morgan fingerprint density at radius 3 is 3.11 bits per heavy atom. The molecule has 0 bridgehead atoms. The van der Waals surface area contributed by atoms with Gasteiger partial charge >= 0.3 is 0 Å². The van der Waals surface area contributed by atoms with Crippen LogP contribution in [0.4, 0.5) is 0 Å². The van der Waals surface area contributed by atoms with E-state index in [9.17, 15) is 4.79 Å². The molecule has 142 valence electrons. The number of carbonyl (C=O) groups is 1. The number of amides is 1. The van der Waals surface area contributed by atoms with Gasteiger partial charge in [-0.25, -0.2) is 4.98 Å². The number of aromatic nitrogens is 6. The molecular weight excluding hydrogens is 366 g/mol. The Morgan fingerprint density at radius 1 is 1.48 bits per heavy atom. The summed E-state index contributed by atoms with van der Waals surface area (Å²) in [7, 11) is 0. The lowest BCUT2D eigenvalue weighted by Crippen LogP contribution is -2.42. The first-order valence-electron chi connectivity index (χ1n) is 8.99. The largest absolute Gasteiger partial charge is 0.355 e. The summed E-state index contributed by atoms with van der Waals surface area (Å²) in [5.74, 6) is 0.826. The van der Waals surface area contributed by atoms with E-state index in [1.807, 2.05) is 24.8 Å². The van der Waals surface area contributed by atoms with Crippen LogP contribution in [0.15, 0.2) is 23.2 Å². The second-order valence-corrected chi connectivity index (χ2v) is 7.72. The third-order valence-corrected chi connectivity index (χ3v) is 5.59. The summed E-state index contributed by atoms with van der Waals surface area (Å²) in [4.78, 5) is 19.7. The zero-order valence-electron chi connectivity index (χ0n) is 15.3. The summed E-state index contributed by atoms with van der Waals surface area (Å²) in [6.07, 6.45) is 5.04. The van der Waals surface area contributed by atoms with Gasteiger partial charge in [0, 0.05) is 25.1 Å². The van der Waals surface area contributed by atoms with Crippen molar-refractivity contribution in [2.24, 2.45) is 5.92 Å². The molecule has 1 fully saturated rings. The maximum Gasteiger partial charge on any atom is 0.227 e. The second-order valence-electron chi connectivity index (χ2n) is 6.96. The molecule has 0 radical (unpaired) electrons. The fraction of sp³-hybridized carbons (Fsp3) is 0.529. The van der Waals surface area contributed by atoms with Gasteiger partial charge in [-0.15, -0.1) is 5.10 Å². The van der Waals surface area contributed by atoms with E-state index in [4.69, 9.17) is 4.52 Å². The highest BCUT2D eigenvalue weighted by Gasteiger charge is 2.31. The summed E-state index contributed by atoms with van der Waals surface area (Å²) in [5.41, 5.74) is 1.73. The highest BCUT2D eigenvalue weighted by Crippen LogP contribution is 2.35. The molecule has 0 N–H and O–H groups in total. The number of nitrogens with zero attached hydrogens (tertiary/aromatic N) is 7. The van der Waals surface area contributed by atoms with Crippen molar-refractivity contribution in [1.82, 2.24) is 34.4 Å². The van der Waals surface area contributed by atoms with Crippen LogP contribution >= 0.6 is 11.5 Å². The van der Waals surface area contributed by atoms with Crippen molar-refractivity contribution < 1.29 is 9.32 Å². The van der Waals surface area contributed by atoms with Crippen molar-refractivity contribution in [3.8, 4) is 10.6 Å². The van der Waals surface area contributed by atoms with Gasteiger partial charge < -0.3 is 9.42 Å². The Labute approximate surface area is 160 Å². The highest BCUT2D eigenvalue weighted by atomic mass is 32.1. The monoisotopic (exact) mass is 387 g/mol. The van der Waals surface area contributed by atoms with Gasteiger partial charge in [0.1, 0.15) is 17.5 Å². The van der Waals surface area contributed by atoms with E-state index in [0.717, 1.165) is 35.7 Å².